The molecular formula is C15H19FN2O4S. The number of hydrogen-bond donors (Lipinski definition) is 1. The zero-order valence-electron chi connectivity index (χ0n) is 12.7. The lowest BCUT2D eigenvalue weighted by Crippen LogP contribution is -2.34. The molecule has 1 aliphatic carbocycles. The number of rotatable bonds is 3. The van der Waals surface area contributed by atoms with Crippen molar-refractivity contribution < 1.29 is 22.3 Å². The predicted molar refractivity (Wildman–Crippen MR) is 80.7 cm³/mol. The maximum absolute atomic E-state index is 14.0. The van der Waals surface area contributed by atoms with Gasteiger partial charge < -0.3 is 10.5 Å². The normalized spacial score (nSPS) is 27.9. The van der Waals surface area contributed by atoms with E-state index in [1.54, 1.807) is 0 Å². The highest BCUT2D eigenvalue weighted by molar-refractivity contribution is 7.89. The van der Waals surface area contributed by atoms with Gasteiger partial charge in [0.15, 0.2) is 0 Å². The number of sulfonamides is 1. The maximum Gasteiger partial charge on any atom is 0.342 e. The summed E-state index contributed by atoms with van der Waals surface area (Å²) in [4.78, 5) is 11.5. The molecule has 0 aromatic heterocycles. The summed E-state index contributed by atoms with van der Waals surface area (Å²) < 4.78 is 45.6. The number of halogens is 1. The molecule has 2 aliphatic rings. The second-order valence-corrected chi connectivity index (χ2v) is 8.00. The minimum atomic E-state index is -3.98. The minimum absolute atomic E-state index is 0.00668. The molecule has 126 valence electrons. The van der Waals surface area contributed by atoms with Gasteiger partial charge in [-0.2, -0.15) is 4.31 Å². The van der Waals surface area contributed by atoms with Gasteiger partial charge in [0.1, 0.15) is 11.4 Å². The predicted octanol–water partition coefficient (Wildman–Crippen LogP) is 0.970. The molecule has 3 unspecified atom stereocenters. The van der Waals surface area contributed by atoms with E-state index >= 15 is 0 Å². The summed E-state index contributed by atoms with van der Waals surface area (Å²) in [5.74, 6) is -1.55. The molecule has 1 saturated carbocycles. The first-order valence-corrected chi connectivity index (χ1v) is 8.93. The second kappa shape index (κ2) is 5.85. The molecule has 6 nitrogen and oxygen atoms in total. The third-order valence-corrected chi connectivity index (χ3v) is 6.74. The zero-order chi connectivity index (χ0) is 16.8. The molecule has 1 aromatic rings. The fourth-order valence-corrected chi connectivity index (χ4v) is 5.35. The Bertz CT molecular complexity index is 737. The first-order valence-electron chi connectivity index (χ1n) is 7.48. The van der Waals surface area contributed by atoms with Gasteiger partial charge in [-0.05, 0) is 36.8 Å². The Kier molecular flexibility index (Phi) is 4.16. The molecule has 3 atom stereocenters. The third kappa shape index (κ3) is 2.64. The number of carbonyl (C=O) groups excluding carboxylic acids is 1. The quantitative estimate of drug-likeness (QED) is 0.827. The van der Waals surface area contributed by atoms with Gasteiger partial charge >= 0.3 is 5.97 Å². The van der Waals surface area contributed by atoms with Crippen LogP contribution in [0, 0.1) is 17.7 Å². The van der Waals surface area contributed by atoms with Crippen LogP contribution in [0.2, 0.25) is 0 Å². The molecule has 1 aromatic carbocycles. The van der Waals surface area contributed by atoms with E-state index in [2.05, 4.69) is 4.74 Å². The Hall–Kier alpha value is -1.51. The highest BCUT2D eigenvalue weighted by Crippen LogP contribution is 2.39. The van der Waals surface area contributed by atoms with Crippen molar-refractivity contribution in [2.75, 3.05) is 20.2 Å². The maximum atomic E-state index is 14.0. The van der Waals surface area contributed by atoms with Crippen LogP contribution in [0.5, 0.6) is 0 Å². The number of methoxy groups -OCH3 is 1. The van der Waals surface area contributed by atoms with Gasteiger partial charge in [0.25, 0.3) is 0 Å². The topological polar surface area (TPSA) is 89.7 Å². The smallest absolute Gasteiger partial charge is 0.342 e. The number of nitrogens with two attached hydrogens (primary N) is 1. The monoisotopic (exact) mass is 342 g/mol. The Morgan fingerprint density at radius 1 is 1.35 bits per heavy atom. The van der Waals surface area contributed by atoms with Gasteiger partial charge in [-0.15, -0.1) is 0 Å². The number of ether oxygens (including phenoxy) is 1. The minimum Gasteiger partial charge on any atom is -0.465 e. The highest BCUT2D eigenvalue weighted by atomic mass is 32.2. The van der Waals surface area contributed by atoms with E-state index in [9.17, 15) is 17.6 Å². The average Bonchev–Trinajstić information content (AvgIpc) is 3.09. The van der Waals surface area contributed by atoms with Crippen molar-refractivity contribution in [2.45, 2.75) is 23.8 Å². The molecule has 3 rings (SSSR count). The highest BCUT2D eigenvalue weighted by Gasteiger charge is 2.46. The van der Waals surface area contributed by atoms with E-state index in [0.29, 0.717) is 13.1 Å². The molecule has 2 N–H and O–H groups in total. The Morgan fingerprint density at radius 3 is 2.74 bits per heavy atom. The van der Waals surface area contributed by atoms with E-state index < -0.39 is 27.4 Å². The van der Waals surface area contributed by atoms with E-state index in [0.717, 1.165) is 26.0 Å². The number of hydrogen-bond acceptors (Lipinski definition) is 5. The summed E-state index contributed by atoms with van der Waals surface area (Å²) >= 11 is 0. The summed E-state index contributed by atoms with van der Waals surface area (Å²) in [6.45, 7) is 0.670. The van der Waals surface area contributed by atoms with E-state index in [1.165, 1.54) is 16.4 Å². The van der Waals surface area contributed by atoms with Crippen LogP contribution in [0.4, 0.5) is 4.39 Å². The largest absolute Gasteiger partial charge is 0.465 e. The van der Waals surface area contributed by atoms with Crippen molar-refractivity contribution in [1.82, 2.24) is 4.31 Å². The van der Waals surface area contributed by atoms with Crippen LogP contribution in [-0.2, 0) is 14.8 Å². The van der Waals surface area contributed by atoms with Crippen LogP contribution in [-0.4, -0.2) is 44.9 Å². The average molecular weight is 342 g/mol. The van der Waals surface area contributed by atoms with Crippen molar-refractivity contribution in [3.05, 3.63) is 29.6 Å². The molecular weight excluding hydrogens is 323 g/mol. The molecule has 0 bridgehead atoms. The molecule has 23 heavy (non-hydrogen) atoms. The Morgan fingerprint density at radius 2 is 2.09 bits per heavy atom. The van der Waals surface area contributed by atoms with Gasteiger partial charge in [-0.1, -0.05) is 6.07 Å². The van der Waals surface area contributed by atoms with Crippen LogP contribution in [0.3, 0.4) is 0 Å². The van der Waals surface area contributed by atoms with Gasteiger partial charge in [-0.25, -0.2) is 17.6 Å². The summed E-state index contributed by atoms with van der Waals surface area (Å²) in [5.41, 5.74) is 5.49. The van der Waals surface area contributed by atoms with Gasteiger partial charge in [-0.3, -0.25) is 0 Å². The Labute approximate surface area is 134 Å². The van der Waals surface area contributed by atoms with Crippen LogP contribution in [0.1, 0.15) is 23.2 Å². The van der Waals surface area contributed by atoms with Crippen molar-refractivity contribution in [1.29, 1.82) is 0 Å². The number of nitrogens with zero attached hydrogens (tertiary/aromatic N) is 1. The number of benzene rings is 1. The van der Waals surface area contributed by atoms with Gasteiger partial charge in [0.05, 0.1) is 12.0 Å². The fraction of sp³-hybridized carbons (Fsp3) is 0.533. The first kappa shape index (κ1) is 16.4. The molecule has 1 heterocycles. The van der Waals surface area contributed by atoms with Gasteiger partial charge in [0.2, 0.25) is 10.0 Å². The summed E-state index contributed by atoms with van der Waals surface area (Å²) in [5, 5.41) is 0. The van der Waals surface area contributed by atoms with E-state index in [4.69, 9.17) is 5.73 Å². The van der Waals surface area contributed by atoms with Crippen molar-refractivity contribution in [3.8, 4) is 0 Å². The van der Waals surface area contributed by atoms with Crippen LogP contribution in [0.25, 0.3) is 0 Å². The molecule has 8 heteroatoms. The molecule has 0 spiro atoms. The molecule has 0 amide bonds. The van der Waals surface area contributed by atoms with Gasteiger partial charge in [0, 0.05) is 19.1 Å². The summed E-state index contributed by atoms with van der Waals surface area (Å²) in [6, 6.07) is 3.54. The Balaban J connectivity index is 1.98. The van der Waals surface area contributed by atoms with E-state index in [-0.39, 0.29) is 22.8 Å². The lowest BCUT2D eigenvalue weighted by Gasteiger charge is -2.20. The third-order valence-electron chi connectivity index (χ3n) is 4.86. The molecule has 1 aliphatic heterocycles. The zero-order valence-corrected chi connectivity index (χ0v) is 13.6. The van der Waals surface area contributed by atoms with E-state index in [1.807, 2.05) is 0 Å². The first-order chi connectivity index (χ1) is 10.9. The number of fused-ring (bicyclic) bond motifs is 1. The van der Waals surface area contributed by atoms with Crippen LogP contribution >= 0.6 is 0 Å². The number of carbonyl (C=O) groups is 1. The fourth-order valence-electron chi connectivity index (χ4n) is 3.62. The molecule has 1 saturated heterocycles. The van der Waals surface area contributed by atoms with Crippen molar-refractivity contribution in [3.63, 3.8) is 0 Å². The summed E-state index contributed by atoms with van der Waals surface area (Å²) in [6.07, 6.45) is 1.79. The lowest BCUT2D eigenvalue weighted by molar-refractivity contribution is 0.0590. The second-order valence-electron chi connectivity index (χ2n) is 6.09. The summed E-state index contributed by atoms with van der Waals surface area (Å²) in [7, 11) is -2.89. The van der Waals surface area contributed by atoms with Crippen molar-refractivity contribution >= 4 is 16.0 Å². The number of esters is 1. The molecule has 0 radical (unpaired) electrons. The van der Waals surface area contributed by atoms with Crippen molar-refractivity contribution in [2.24, 2.45) is 17.6 Å². The standard InChI is InChI=1S/C15H19FN2O4S/c1-22-15(19)14-11(16)3-2-4-13(14)23(20,21)18-7-9-5-6-12(17)10(9)8-18/h2-4,9-10,12H,5-8,17H2,1H3. The van der Waals surface area contributed by atoms with Crippen LogP contribution < -0.4 is 5.73 Å². The van der Waals surface area contributed by atoms with Crippen LogP contribution in [0.15, 0.2) is 23.1 Å². The lowest BCUT2D eigenvalue weighted by atomic mass is 9.98. The molecule has 2 fully saturated rings. The SMILES string of the molecule is COC(=O)c1c(F)cccc1S(=O)(=O)N1CC2CCC(N)C2C1.